The summed E-state index contributed by atoms with van der Waals surface area (Å²) in [6.07, 6.45) is 6.75. The van der Waals surface area contributed by atoms with Gasteiger partial charge in [-0.15, -0.1) is 0 Å². The molecule has 19 heavy (non-hydrogen) atoms. The molecule has 0 saturated heterocycles. The Kier molecular flexibility index (Phi) is 6.11. The van der Waals surface area contributed by atoms with Crippen LogP contribution in [0.5, 0.6) is 0 Å². The number of hydrogen-bond donors (Lipinski definition) is 1. The Morgan fingerprint density at radius 3 is 2.21 bits per heavy atom. The number of nitrogens with zero attached hydrogens (tertiary/aromatic N) is 2. The fraction of sp³-hybridized carbons (Fsp3) is 0.933. The summed E-state index contributed by atoms with van der Waals surface area (Å²) < 4.78 is 0. The highest BCUT2D eigenvalue weighted by atomic mass is 16.2. The summed E-state index contributed by atoms with van der Waals surface area (Å²) in [5, 5.41) is 0. The van der Waals surface area contributed by atoms with Crippen molar-refractivity contribution in [2.24, 2.45) is 11.7 Å². The SMILES string of the molecule is CCCN(C(=O)N(C)C)C1(CN)CCC(CC)CC1. The molecule has 1 fully saturated rings. The quantitative estimate of drug-likeness (QED) is 0.834. The van der Waals surface area contributed by atoms with Crippen molar-refractivity contribution in [1.29, 1.82) is 0 Å². The topological polar surface area (TPSA) is 49.6 Å². The van der Waals surface area contributed by atoms with Gasteiger partial charge in [0.2, 0.25) is 0 Å². The summed E-state index contributed by atoms with van der Waals surface area (Å²) in [5.41, 5.74) is 5.97. The molecule has 0 aromatic rings. The van der Waals surface area contributed by atoms with Gasteiger partial charge < -0.3 is 15.5 Å². The molecular formula is C15H31N3O. The van der Waals surface area contributed by atoms with Crippen molar-refractivity contribution in [3.05, 3.63) is 0 Å². The zero-order valence-corrected chi connectivity index (χ0v) is 13.1. The molecule has 112 valence electrons. The van der Waals surface area contributed by atoms with E-state index in [-0.39, 0.29) is 11.6 Å². The first-order valence-electron chi connectivity index (χ1n) is 7.69. The maximum absolute atomic E-state index is 12.4. The smallest absolute Gasteiger partial charge is 0.319 e. The van der Waals surface area contributed by atoms with E-state index in [0.717, 1.165) is 31.7 Å². The summed E-state index contributed by atoms with van der Waals surface area (Å²) in [4.78, 5) is 16.2. The molecule has 1 rings (SSSR count). The predicted molar refractivity (Wildman–Crippen MR) is 80.1 cm³/mol. The number of hydrogen-bond acceptors (Lipinski definition) is 2. The third-order valence-corrected chi connectivity index (χ3v) is 4.63. The van der Waals surface area contributed by atoms with Crippen LogP contribution in [0.25, 0.3) is 0 Å². The van der Waals surface area contributed by atoms with Crippen molar-refractivity contribution in [2.75, 3.05) is 27.2 Å². The maximum atomic E-state index is 12.4. The molecule has 0 unspecified atom stereocenters. The normalized spacial score (nSPS) is 27.1. The molecule has 0 radical (unpaired) electrons. The molecule has 1 aliphatic rings. The summed E-state index contributed by atoms with van der Waals surface area (Å²) in [6.45, 7) is 5.78. The van der Waals surface area contributed by atoms with E-state index in [9.17, 15) is 4.79 Å². The van der Waals surface area contributed by atoms with E-state index in [2.05, 4.69) is 13.8 Å². The van der Waals surface area contributed by atoms with Crippen LogP contribution in [-0.2, 0) is 0 Å². The number of amides is 2. The minimum atomic E-state index is -0.108. The molecule has 0 spiro atoms. The molecule has 2 N–H and O–H groups in total. The first-order valence-corrected chi connectivity index (χ1v) is 7.69. The fourth-order valence-electron chi connectivity index (χ4n) is 3.21. The van der Waals surface area contributed by atoms with Gasteiger partial charge in [-0.05, 0) is 38.0 Å². The van der Waals surface area contributed by atoms with E-state index in [1.165, 1.54) is 19.3 Å². The fourth-order valence-corrected chi connectivity index (χ4v) is 3.21. The van der Waals surface area contributed by atoms with E-state index in [1.807, 2.05) is 19.0 Å². The minimum absolute atomic E-state index is 0.108. The van der Waals surface area contributed by atoms with Gasteiger partial charge in [-0.25, -0.2) is 4.79 Å². The maximum Gasteiger partial charge on any atom is 0.319 e. The van der Waals surface area contributed by atoms with Crippen LogP contribution < -0.4 is 5.73 Å². The summed E-state index contributed by atoms with van der Waals surface area (Å²) >= 11 is 0. The Hall–Kier alpha value is -0.770. The highest BCUT2D eigenvalue weighted by Gasteiger charge is 2.41. The van der Waals surface area contributed by atoms with Crippen molar-refractivity contribution < 1.29 is 4.79 Å². The van der Waals surface area contributed by atoms with Gasteiger partial charge in [-0.2, -0.15) is 0 Å². The zero-order valence-electron chi connectivity index (χ0n) is 13.1. The van der Waals surface area contributed by atoms with Crippen molar-refractivity contribution >= 4 is 6.03 Å². The number of rotatable bonds is 5. The molecule has 0 bridgehead atoms. The predicted octanol–water partition coefficient (Wildman–Crippen LogP) is 2.68. The van der Waals surface area contributed by atoms with E-state index in [0.29, 0.717) is 6.54 Å². The van der Waals surface area contributed by atoms with Crippen molar-refractivity contribution in [3.8, 4) is 0 Å². The summed E-state index contributed by atoms with van der Waals surface area (Å²) in [7, 11) is 3.65. The standard InChI is InChI=1S/C15H31N3O/c1-5-11-18(14(19)17(3)4)15(12-16)9-7-13(6-2)8-10-15/h13H,5-12,16H2,1-4H3. The molecule has 4 heteroatoms. The molecule has 1 aliphatic carbocycles. The molecule has 0 atom stereocenters. The number of urea groups is 1. The monoisotopic (exact) mass is 269 g/mol. The first kappa shape index (κ1) is 16.3. The highest BCUT2D eigenvalue weighted by Crippen LogP contribution is 2.37. The second-order valence-electron chi connectivity index (χ2n) is 6.11. The molecule has 4 nitrogen and oxygen atoms in total. The molecule has 0 aliphatic heterocycles. The first-order chi connectivity index (χ1) is 9.00. The van der Waals surface area contributed by atoms with Gasteiger partial charge in [0.15, 0.2) is 0 Å². The van der Waals surface area contributed by atoms with Gasteiger partial charge >= 0.3 is 6.03 Å². The average molecular weight is 269 g/mol. The van der Waals surface area contributed by atoms with Crippen LogP contribution >= 0.6 is 0 Å². The van der Waals surface area contributed by atoms with E-state index in [4.69, 9.17) is 5.73 Å². The Bertz CT molecular complexity index is 283. The summed E-state index contributed by atoms with van der Waals surface area (Å²) in [5.74, 6) is 0.817. The van der Waals surface area contributed by atoms with Gasteiger partial charge in [0.05, 0.1) is 5.54 Å². The van der Waals surface area contributed by atoms with Crippen LogP contribution in [0.4, 0.5) is 4.79 Å². The molecule has 0 aromatic heterocycles. The van der Waals surface area contributed by atoms with Crippen LogP contribution in [-0.4, -0.2) is 48.6 Å². The average Bonchev–Trinajstić information content (AvgIpc) is 2.44. The third-order valence-electron chi connectivity index (χ3n) is 4.63. The minimum Gasteiger partial charge on any atom is -0.331 e. The van der Waals surface area contributed by atoms with E-state index < -0.39 is 0 Å². The lowest BCUT2D eigenvalue weighted by Crippen LogP contribution is -2.60. The third kappa shape index (κ3) is 3.62. The van der Waals surface area contributed by atoms with Crippen LogP contribution in [0.3, 0.4) is 0 Å². The second-order valence-corrected chi connectivity index (χ2v) is 6.11. The summed E-state index contributed by atoms with van der Waals surface area (Å²) in [6, 6.07) is 0.113. The van der Waals surface area contributed by atoms with Gasteiger partial charge in [0.1, 0.15) is 0 Å². The molecule has 2 amide bonds. The molecule has 1 saturated carbocycles. The lowest BCUT2D eigenvalue weighted by Gasteiger charge is -2.48. The second kappa shape index (κ2) is 7.13. The van der Waals surface area contributed by atoms with Gasteiger partial charge in [0.25, 0.3) is 0 Å². The Labute approximate surface area is 118 Å². The van der Waals surface area contributed by atoms with Gasteiger partial charge in [-0.3, -0.25) is 0 Å². The lowest BCUT2D eigenvalue weighted by atomic mass is 9.74. The lowest BCUT2D eigenvalue weighted by molar-refractivity contribution is 0.0561. The van der Waals surface area contributed by atoms with E-state index in [1.54, 1.807) is 4.90 Å². The van der Waals surface area contributed by atoms with Crippen molar-refractivity contribution in [3.63, 3.8) is 0 Å². The van der Waals surface area contributed by atoms with Crippen LogP contribution in [0.15, 0.2) is 0 Å². The van der Waals surface area contributed by atoms with Gasteiger partial charge in [0, 0.05) is 27.2 Å². The molecule has 0 heterocycles. The van der Waals surface area contributed by atoms with Crippen LogP contribution in [0.1, 0.15) is 52.4 Å². The number of carbonyl (C=O) groups excluding carboxylic acids is 1. The van der Waals surface area contributed by atoms with Crippen molar-refractivity contribution in [2.45, 2.75) is 57.9 Å². The van der Waals surface area contributed by atoms with Gasteiger partial charge in [-0.1, -0.05) is 20.3 Å². The molecule has 0 aromatic carbocycles. The zero-order chi connectivity index (χ0) is 14.5. The Morgan fingerprint density at radius 2 is 1.84 bits per heavy atom. The molecular weight excluding hydrogens is 238 g/mol. The largest absolute Gasteiger partial charge is 0.331 e. The van der Waals surface area contributed by atoms with Crippen LogP contribution in [0.2, 0.25) is 0 Å². The number of nitrogens with two attached hydrogens (primary N) is 1. The van der Waals surface area contributed by atoms with Crippen molar-refractivity contribution in [1.82, 2.24) is 9.80 Å². The number of carbonyl (C=O) groups is 1. The van der Waals surface area contributed by atoms with Crippen LogP contribution in [0, 0.1) is 5.92 Å². The Balaban J connectivity index is 2.87. The van der Waals surface area contributed by atoms with E-state index >= 15 is 0 Å². The Morgan fingerprint density at radius 1 is 1.26 bits per heavy atom. The highest BCUT2D eigenvalue weighted by molar-refractivity contribution is 5.74.